The van der Waals surface area contributed by atoms with Crippen LogP contribution >= 0.6 is 0 Å². The van der Waals surface area contributed by atoms with Crippen molar-refractivity contribution < 1.29 is 9.13 Å². The molecular formula is C18H14N2+2. The van der Waals surface area contributed by atoms with Crippen LogP contribution in [0.25, 0.3) is 11.1 Å². The molecule has 2 aromatic heterocycles. The standard InChI is InChI=1S/C18H14N2/c1-3-4-5-6-7-12-20-15-10-18(11-16-20)17-8-13-19(2)14-9-17/h8-11,13-16H,1-2H3/q+2. The molecule has 0 radical (unpaired) electrons. The number of hydrogen-bond acceptors (Lipinski definition) is 0. The highest BCUT2D eigenvalue weighted by Gasteiger charge is 2.02. The van der Waals surface area contributed by atoms with E-state index in [1.54, 1.807) is 11.5 Å². The summed E-state index contributed by atoms with van der Waals surface area (Å²) in [7, 11) is 2.00. The van der Waals surface area contributed by atoms with Gasteiger partial charge in [-0.2, -0.15) is 0 Å². The molecule has 0 bridgehead atoms. The minimum atomic E-state index is 1.16. The second-order valence-electron chi connectivity index (χ2n) is 4.11. The summed E-state index contributed by atoms with van der Waals surface area (Å²) in [4.78, 5) is 0. The first-order chi connectivity index (χ1) is 9.79. The van der Waals surface area contributed by atoms with E-state index in [1.807, 2.05) is 48.5 Å². The van der Waals surface area contributed by atoms with Crippen molar-refractivity contribution in [2.45, 2.75) is 6.92 Å². The Labute approximate surface area is 119 Å². The van der Waals surface area contributed by atoms with E-state index < -0.39 is 0 Å². The van der Waals surface area contributed by atoms with Crippen LogP contribution in [0.1, 0.15) is 6.92 Å². The SMILES string of the molecule is CC#CC#CC#C[n+]1ccc(-c2cc[n+](C)cc2)cc1. The van der Waals surface area contributed by atoms with Crippen LogP contribution in [0.5, 0.6) is 0 Å². The van der Waals surface area contributed by atoms with Crippen LogP contribution in [0.4, 0.5) is 0 Å². The summed E-state index contributed by atoms with van der Waals surface area (Å²) in [6, 6.07) is 11.1. The van der Waals surface area contributed by atoms with Gasteiger partial charge in [-0.15, -0.1) is 4.57 Å². The third-order valence-corrected chi connectivity index (χ3v) is 2.64. The van der Waals surface area contributed by atoms with Gasteiger partial charge in [-0.1, -0.05) is 5.92 Å². The second-order valence-corrected chi connectivity index (χ2v) is 4.11. The molecule has 0 saturated carbocycles. The van der Waals surface area contributed by atoms with Gasteiger partial charge in [0, 0.05) is 30.2 Å². The van der Waals surface area contributed by atoms with Gasteiger partial charge in [0.15, 0.2) is 24.8 Å². The molecule has 2 heterocycles. The van der Waals surface area contributed by atoms with Crippen molar-refractivity contribution in [3.05, 3.63) is 49.1 Å². The minimum absolute atomic E-state index is 1.16. The molecule has 2 aromatic rings. The molecule has 0 N–H and O–H groups in total. The monoisotopic (exact) mass is 258 g/mol. The number of hydrogen-bond donors (Lipinski definition) is 0. The van der Waals surface area contributed by atoms with Crippen molar-refractivity contribution in [3.63, 3.8) is 0 Å². The van der Waals surface area contributed by atoms with Gasteiger partial charge in [0.05, 0.1) is 5.92 Å². The zero-order valence-electron chi connectivity index (χ0n) is 11.5. The highest BCUT2D eigenvalue weighted by molar-refractivity contribution is 5.60. The lowest BCUT2D eigenvalue weighted by Crippen LogP contribution is -2.26. The fourth-order valence-electron chi connectivity index (χ4n) is 1.60. The zero-order chi connectivity index (χ0) is 14.2. The van der Waals surface area contributed by atoms with Gasteiger partial charge >= 0.3 is 0 Å². The molecule has 0 unspecified atom stereocenters. The van der Waals surface area contributed by atoms with E-state index >= 15 is 0 Å². The third kappa shape index (κ3) is 3.74. The minimum Gasteiger partial charge on any atom is -0.208 e. The van der Waals surface area contributed by atoms with Crippen LogP contribution in [-0.4, -0.2) is 0 Å². The number of aryl methyl sites for hydroxylation is 1. The van der Waals surface area contributed by atoms with Crippen molar-refractivity contribution >= 4 is 0 Å². The predicted octanol–water partition coefficient (Wildman–Crippen LogP) is 1.30. The quantitative estimate of drug-likeness (QED) is 0.538. The Morgan fingerprint density at radius 2 is 1.30 bits per heavy atom. The Morgan fingerprint density at radius 3 is 1.90 bits per heavy atom. The van der Waals surface area contributed by atoms with Crippen LogP contribution in [0.3, 0.4) is 0 Å². The van der Waals surface area contributed by atoms with Gasteiger partial charge in [-0.05, 0) is 29.9 Å². The van der Waals surface area contributed by atoms with Gasteiger partial charge < -0.3 is 0 Å². The van der Waals surface area contributed by atoms with E-state index in [1.165, 1.54) is 5.56 Å². The van der Waals surface area contributed by atoms with Gasteiger partial charge in [0.2, 0.25) is 6.04 Å². The molecule has 0 saturated heterocycles. The Bertz CT molecular complexity index is 766. The summed E-state index contributed by atoms with van der Waals surface area (Å²) >= 11 is 0. The largest absolute Gasteiger partial charge is 0.243 e. The molecule has 0 aliphatic rings. The zero-order valence-corrected chi connectivity index (χ0v) is 11.5. The van der Waals surface area contributed by atoms with Gasteiger partial charge in [0.25, 0.3) is 0 Å². The molecule has 2 heteroatoms. The molecule has 20 heavy (non-hydrogen) atoms. The summed E-state index contributed by atoms with van der Waals surface area (Å²) in [6.45, 7) is 1.75. The topological polar surface area (TPSA) is 7.76 Å². The normalized spacial score (nSPS) is 8.30. The molecule has 0 aliphatic heterocycles. The van der Waals surface area contributed by atoms with Gasteiger partial charge in [-0.3, -0.25) is 0 Å². The van der Waals surface area contributed by atoms with E-state index in [4.69, 9.17) is 0 Å². The van der Waals surface area contributed by atoms with Crippen molar-refractivity contribution in [2.24, 2.45) is 7.05 Å². The number of aromatic nitrogens is 2. The molecule has 0 fully saturated rings. The van der Waals surface area contributed by atoms with Crippen LogP contribution in [0, 0.1) is 35.6 Å². The van der Waals surface area contributed by atoms with E-state index in [0.717, 1.165) is 5.56 Å². The van der Waals surface area contributed by atoms with E-state index in [2.05, 4.69) is 47.8 Å². The molecule has 0 spiro atoms. The first-order valence-corrected chi connectivity index (χ1v) is 6.19. The average Bonchev–Trinajstić information content (AvgIpc) is 2.49. The maximum atomic E-state index is 2.91. The molecule has 0 atom stereocenters. The number of pyridine rings is 2. The summed E-state index contributed by atoms with van der Waals surface area (Å²) in [5.74, 6) is 13.4. The van der Waals surface area contributed by atoms with Crippen molar-refractivity contribution in [2.75, 3.05) is 0 Å². The van der Waals surface area contributed by atoms with Crippen molar-refractivity contribution in [3.8, 4) is 46.8 Å². The summed E-state index contributed by atoms with van der Waals surface area (Å²) in [5.41, 5.74) is 2.34. The third-order valence-electron chi connectivity index (χ3n) is 2.64. The fourth-order valence-corrected chi connectivity index (χ4v) is 1.60. The van der Waals surface area contributed by atoms with Crippen LogP contribution in [-0.2, 0) is 7.05 Å². The van der Waals surface area contributed by atoms with Gasteiger partial charge in [-0.25, -0.2) is 4.57 Å². The lowest BCUT2D eigenvalue weighted by Gasteiger charge is -1.97. The van der Waals surface area contributed by atoms with E-state index in [9.17, 15) is 0 Å². The Kier molecular flexibility index (Phi) is 4.55. The van der Waals surface area contributed by atoms with Crippen molar-refractivity contribution in [1.82, 2.24) is 0 Å². The molecule has 94 valence electrons. The van der Waals surface area contributed by atoms with Crippen molar-refractivity contribution in [1.29, 1.82) is 0 Å². The first kappa shape index (κ1) is 13.4. The highest BCUT2D eigenvalue weighted by Crippen LogP contribution is 2.15. The average molecular weight is 258 g/mol. The molecule has 2 nitrogen and oxygen atoms in total. The summed E-state index contributed by atoms with van der Waals surface area (Å²) in [6.07, 6.45) is 7.89. The number of nitrogens with zero attached hydrogens (tertiary/aromatic N) is 2. The molecule has 2 rings (SSSR count). The van der Waals surface area contributed by atoms with E-state index in [-0.39, 0.29) is 0 Å². The first-order valence-electron chi connectivity index (χ1n) is 6.19. The maximum absolute atomic E-state index is 2.91. The fraction of sp³-hybridized carbons (Fsp3) is 0.111. The Balaban J connectivity index is 2.16. The predicted molar refractivity (Wildman–Crippen MR) is 77.6 cm³/mol. The molecular weight excluding hydrogens is 244 g/mol. The molecule has 0 amide bonds. The van der Waals surface area contributed by atoms with Gasteiger partial charge in [0.1, 0.15) is 7.05 Å². The van der Waals surface area contributed by atoms with Crippen LogP contribution < -0.4 is 9.13 Å². The van der Waals surface area contributed by atoms with E-state index in [0.29, 0.717) is 0 Å². The lowest BCUT2D eigenvalue weighted by atomic mass is 10.1. The smallest absolute Gasteiger partial charge is 0.208 e. The lowest BCUT2D eigenvalue weighted by molar-refractivity contribution is -0.671. The Morgan fingerprint density at radius 1 is 0.750 bits per heavy atom. The number of rotatable bonds is 1. The Hall–Kier alpha value is -3.02. The summed E-state index contributed by atoms with van der Waals surface area (Å²) < 4.78 is 3.79. The summed E-state index contributed by atoms with van der Waals surface area (Å²) in [5, 5.41) is 0. The highest BCUT2D eigenvalue weighted by atomic mass is 14.9. The second kappa shape index (κ2) is 6.79. The van der Waals surface area contributed by atoms with Crippen LogP contribution in [0.2, 0.25) is 0 Å². The molecule has 0 aliphatic carbocycles. The molecule has 0 aromatic carbocycles. The van der Waals surface area contributed by atoms with Crippen LogP contribution in [0.15, 0.2) is 49.1 Å². The maximum Gasteiger partial charge on any atom is 0.243 e.